The first-order chi connectivity index (χ1) is 6.25. The molecule has 5 heteroatoms. The summed E-state index contributed by atoms with van der Waals surface area (Å²) in [6.45, 7) is 0. The van der Waals surface area contributed by atoms with Crippen molar-refractivity contribution in [1.29, 1.82) is 0 Å². The molecule has 0 spiro atoms. The van der Waals surface area contributed by atoms with Gasteiger partial charge in [0.2, 0.25) is 5.95 Å². The van der Waals surface area contributed by atoms with Gasteiger partial charge in [-0.25, -0.2) is 4.57 Å². The van der Waals surface area contributed by atoms with E-state index < -0.39 is 0 Å². The predicted octanol–water partition coefficient (Wildman–Crippen LogP) is -0.122. The Balaban J connectivity index is 2.41. The predicted molar refractivity (Wildman–Crippen MR) is 47.4 cm³/mol. The number of nitrogens with two attached hydrogens (primary N) is 1. The molecule has 0 radical (unpaired) electrons. The van der Waals surface area contributed by atoms with Gasteiger partial charge in [0.25, 0.3) is 0 Å². The standard InChI is InChI=1S/C8H9N5/c1-13-4-2-6(3-5-13)7-10-8(9)12-11-7/h2-5H,1H3,(H2,9,10)/p+1. The van der Waals surface area contributed by atoms with E-state index in [0.717, 1.165) is 5.56 Å². The van der Waals surface area contributed by atoms with Crippen LogP contribution in [0.25, 0.3) is 11.4 Å². The molecule has 0 fully saturated rings. The number of aromatic amines is 1. The van der Waals surface area contributed by atoms with Crippen LogP contribution in [0.4, 0.5) is 5.95 Å². The summed E-state index contributed by atoms with van der Waals surface area (Å²) in [6.07, 6.45) is 3.88. The summed E-state index contributed by atoms with van der Waals surface area (Å²) in [4.78, 5) is 4.01. The molecule has 3 N–H and O–H groups in total. The molecule has 0 unspecified atom stereocenters. The number of nitrogen functional groups attached to an aromatic ring is 1. The Morgan fingerprint density at radius 3 is 2.62 bits per heavy atom. The maximum atomic E-state index is 5.39. The topological polar surface area (TPSA) is 71.5 Å². The maximum absolute atomic E-state index is 5.39. The summed E-state index contributed by atoms with van der Waals surface area (Å²) in [6, 6.07) is 3.89. The van der Waals surface area contributed by atoms with Gasteiger partial charge in [-0.1, -0.05) is 0 Å². The molecule has 0 aliphatic rings. The van der Waals surface area contributed by atoms with Crippen molar-refractivity contribution in [2.75, 3.05) is 5.73 Å². The van der Waals surface area contributed by atoms with Crippen LogP contribution in [0.1, 0.15) is 0 Å². The highest BCUT2D eigenvalue weighted by atomic mass is 15.3. The van der Waals surface area contributed by atoms with E-state index in [-0.39, 0.29) is 5.95 Å². The number of H-pyrrole nitrogens is 1. The first kappa shape index (κ1) is 7.72. The van der Waals surface area contributed by atoms with Crippen LogP contribution in [0.5, 0.6) is 0 Å². The van der Waals surface area contributed by atoms with Crippen molar-refractivity contribution in [2.24, 2.45) is 7.05 Å². The van der Waals surface area contributed by atoms with Crippen molar-refractivity contribution in [1.82, 2.24) is 15.2 Å². The molecule has 0 aliphatic heterocycles. The van der Waals surface area contributed by atoms with Crippen LogP contribution in [0.15, 0.2) is 24.5 Å². The first-order valence-electron chi connectivity index (χ1n) is 3.89. The Morgan fingerprint density at radius 2 is 2.08 bits per heavy atom. The van der Waals surface area contributed by atoms with Crippen LogP contribution < -0.4 is 10.3 Å². The minimum Gasteiger partial charge on any atom is -0.366 e. The number of pyridine rings is 1. The molecule has 2 aromatic heterocycles. The molecule has 0 amide bonds. The second-order valence-corrected chi connectivity index (χ2v) is 2.79. The van der Waals surface area contributed by atoms with E-state index in [9.17, 15) is 0 Å². The molecule has 2 aromatic rings. The number of nitrogens with one attached hydrogen (secondary N) is 1. The zero-order valence-electron chi connectivity index (χ0n) is 7.23. The van der Waals surface area contributed by atoms with E-state index in [1.165, 1.54) is 0 Å². The molecule has 0 aromatic carbocycles. The van der Waals surface area contributed by atoms with Crippen molar-refractivity contribution >= 4 is 5.95 Å². The third kappa shape index (κ3) is 1.48. The van der Waals surface area contributed by atoms with Gasteiger partial charge in [0.15, 0.2) is 18.2 Å². The maximum Gasteiger partial charge on any atom is 0.239 e. The minimum atomic E-state index is 0.267. The number of nitrogens with zero attached hydrogens (tertiary/aromatic N) is 3. The molecule has 0 saturated carbocycles. The van der Waals surface area contributed by atoms with Crippen molar-refractivity contribution in [3.05, 3.63) is 24.5 Å². The SMILES string of the molecule is C[n+]1ccc(-c2nc(N)n[nH]2)cc1. The van der Waals surface area contributed by atoms with Gasteiger partial charge in [0.05, 0.1) is 0 Å². The Morgan fingerprint density at radius 1 is 1.38 bits per heavy atom. The van der Waals surface area contributed by atoms with Gasteiger partial charge in [0, 0.05) is 17.7 Å². The molecule has 66 valence electrons. The summed E-state index contributed by atoms with van der Waals surface area (Å²) in [5, 5.41) is 6.50. The van der Waals surface area contributed by atoms with E-state index in [1.807, 2.05) is 36.1 Å². The molecule has 0 saturated heterocycles. The van der Waals surface area contributed by atoms with Crippen molar-refractivity contribution in [3.63, 3.8) is 0 Å². The monoisotopic (exact) mass is 176 g/mol. The molecule has 0 aliphatic carbocycles. The fourth-order valence-electron chi connectivity index (χ4n) is 1.06. The van der Waals surface area contributed by atoms with Crippen molar-refractivity contribution < 1.29 is 4.57 Å². The summed E-state index contributed by atoms with van der Waals surface area (Å²) >= 11 is 0. The molecule has 2 heterocycles. The van der Waals surface area contributed by atoms with Gasteiger partial charge >= 0.3 is 0 Å². The van der Waals surface area contributed by atoms with Crippen molar-refractivity contribution in [3.8, 4) is 11.4 Å². The quantitative estimate of drug-likeness (QED) is 0.595. The van der Waals surface area contributed by atoms with Crippen LogP contribution in [0.2, 0.25) is 0 Å². The molecule has 0 atom stereocenters. The highest BCUT2D eigenvalue weighted by molar-refractivity contribution is 5.53. The third-order valence-corrected chi connectivity index (χ3v) is 1.75. The van der Waals surface area contributed by atoms with E-state index >= 15 is 0 Å². The second kappa shape index (κ2) is 2.85. The lowest BCUT2D eigenvalue weighted by Crippen LogP contribution is -2.25. The second-order valence-electron chi connectivity index (χ2n) is 2.79. The Bertz CT molecular complexity index is 403. The molecule has 0 bridgehead atoms. The number of rotatable bonds is 1. The highest BCUT2D eigenvalue weighted by Crippen LogP contribution is 2.11. The molecule has 5 nitrogen and oxygen atoms in total. The van der Waals surface area contributed by atoms with E-state index in [2.05, 4.69) is 15.2 Å². The van der Waals surface area contributed by atoms with Crippen LogP contribution in [0, 0.1) is 0 Å². The van der Waals surface area contributed by atoms with Gasteiger partial charge in [0.1, 0.15) is 7.05 Å². The Kier molecular flexibility index (Phi) is 1.70. The molecule has 13 heavy (non-hydrogen) atoms. The Labute approximate surface area is 75.2 Å². The lowest BCUT2D eigenvalue weighted by Gasteiger charge is -1.91. The van der Waals surface area contributed by atoms with Crippen molar-refractivity contribution in [2.45, 2.75) is 0 Å². The van der Waals surface area contributed by atoms with Gasteiger partial charge < -0.3 is 5.73 Å². The summed E-state index contributed by atoms with van der Waals surface area (Å²) in [5.41, 5.74) is 6.36. The zero-order chi connectivity index (χ0) is 9.26. The van der Waals surface area contributed by atoms with Crippen LogP contribution in [-0.4, -0.2) is 15.2 Å². The smallest absolute Gasteiger partial charge is 0.239 e. The van der Waals surface area contributed by atoms with Crippen LogP contribution in [-0.2, 0) is 7.05 Å². The number of anilines is 1. The van der Waals surface area contributed by atoms with Gasteiger partial charge in [-0.15, -0.1) is 5.10 Å². The molecular weight excluding hydrogens is 166 g/mol. The van der Waals surface area contributed by atoms with Crippen LogP contribution in [0.3, 0.4) is 0 Å². The minimum absolute atomic E-state index is 0.267. The normalized spacial score (nSPS) is 10.2. The summed E-state index contributed by atoms with van der Waals surface area (Å²) in [5.74, 6) is 0.960. The van der Waals surface area contributed by atoms with Crippen LogP contribution >= 0.6 is 0 Å². The largest absolute Gasteiger partial charge is 0.366 e. The Hall–Kier alpha value is -1.91. The van der Waals surface area contributed by atoms with E-state index in [0.29, 0.717) is 5.82 Å². The van der Waals surface area contributed by atoms with Gasteiger partial charge in [-0.3, -0.25) is 5.10 Å². The van der Waals surface area contributed by atoms with Gasteiger partial charge in [-0.05, 0) is 0 Å². The lowest BCUT2D eigenvalue weighted by atomic mass is 10.2. The van der Waals surface area contributed by atoms with E-state index in [4.69, 9.17) is 5.73 Å². The average Bonchev–Trinajstić information content (AvgIpc) is 2.53. The number of hydrogen-bond acceptors (Lipinski definition) is 3. The first-order valence-corrected chi connectivity index (χ1v) is 3.89. The fraction of sp³-hybridized carbons (Fsp3) is 0.125. The van der Waals surface area contributed by atoms with E-state index in [1.54, 1.807) is 0 Å². The average molecular weight is 176 g/mol. The summed E-state index contributed by atoms with van der Waals surface area (Å²) < 4.78 is 1.95. The number of aromatic nitrogens is 4. The molecule has 2 rings (SSSR count). The number of hydrogen-bond donors (Lipinski definition) is 2. The summed E-state index contributed by atoms with van der Waals surface area (Å²) in [7, 11) is 1.96. The van der Waals surface area contributed by atoms with Gasteiger partial charge in [-0.2, -0.15) is 4.98 Å². The fourth-order valence-corrected chi connectivity index (χ4v) is 1.06. The highest BCUT2D eigenvalue weighted by Gasteiger charge is 2.03. The number of aryl methyl sites for hydroxylation is 1. The molecular formula is C8H10N5+. The lowest BCUT2D eigenvalue weighted by molar-refractivity contribution is -0.671. The zero-order valence-corrected chi connectivity index (χ0v) is 7.23. The third-order valence-electron chi connectivity index (χ3n) is 1.75.